The van der Waals surface area contributed by atoms with Crippen LogP contribution in [0.1, 0.15) is 21.2 Å². The number of amides is 2. The topological polar surface area (TPSA) is 58.2 Å². The molecular formula is C31H22Cl2N2O2S. The molecule has 0 bridgehead atoms. The third-order valence-electron chi connectivity index (χ3n) is 5.93. The number of hydrogen-bond donors (Lipinski definition) is 2. The van der Waals surface area contributed by atoms with Crippen LogP contribution in [-0.2, 0) is 4.79 Å². The Hall–Kier alpha value is -3.77. The van der Waals surface area contributed by atoms with E-state index in [-0.39, 0.29) is 11.8 Å². The molecule has 0 aliphatic heterocycles. The van der Waals surface area contributed by atoms with Gasteiger partial charge in [0.1, 0.15) is 5.25 Å². The molecule has 0 fully saturated rings. The van der Waals surface area contributed by atoms with Crippen molar-refractivity contribution in [2.75, 3.05) is 10.6 Å². The second kappa shape index (κ2) is 11.7. The van der Waals surface area contributed by atoms with Crippen molar-refractivity contribution in [3.8, 4) is 0 Å². The van der Waals surface area contributed by atoms with Gasteiger partial charge in [-0.1, -0.05) is 89.9 Å². The normalized spacial score (nSPS) is 11.6. The molecule has 0 radical (unpaired) electrons. The van der Waals surface area contributed by atoms with Crippen LogP contribution in [0.2, 0.25) is 10.0 Å². The molecule has 0 spiro atoms. The first-order valence-electron chi connectivity index (χ1n) is 11.8. The molecule has 0 aromatic heterocycles. The van der Waals surface area contributed by atoms with Crippen LogP contribution in [0.4, 0.5) is 11.4 Å². The molecule has 0 saturated heterocycles. The summed E-state index contributed by atoms with van der Waals surface area (Å²) in [5, 5.41) is 8.08. The highest BCUT2D eigenvalue weighted by Gasteiger charge is 2.23. The van der Waals surface area contributed by atoms with Gasteiger partial charge < -0.3 is 10.6 Å². The summed E-state index contributed by atoms with van der Waals surface area (Å²) in [4.78, 5) is 27.1. The lowest BCUT2D eigenvalue weighted by Gasteiger charge is -2.18. The SMILES string of the molecule is O=C(Nc1ccc(SC(C(=O)Nc2cccc(Cl)c2Cl)c2ccccc2)cc1)c1ccc2ccccc2c1. The van der Waals surface area contributed by atoms with Crippen molar-refractivity contribution < 1.29 is 9.59 Å². The van der Waals surface area contributed by atoms with E-state index in [0.29, 0.717) is 27.0 Å². The number of fused-ring (bicyclic) bond motifs is 1. The van der Waals surface area contributed by atoms with Crippen molar-refractivity contribution in [3.05, 3.63) is 136 Å². The maximum atomic E-state index is 13.4. The van der Waals surface area contributed by atoms with Gasteiger partial charge in [0, 0.05) is 16.1 Å². The van der Waals surface area contributed by atoms with Gasteiger partial charge in [-0.25, -0.2) is 0 Å². The minimum Gasteiger partial charge on any atom is -0.323 e. The van der Waals surface area contributed by atoms with E-state index in [9.17, 15) is 9.59 Å². The largest absolute Gasteiger partial charge is 0.323 e. The lowest BCUT2D eigenvalue weighted by molar-refractivity contribution is -0.115. The van der Waals surface area contributed by atoms with E-state index in [4.69, 9.17) is 23.2 Å². The highest BCUT2D eigenvalue weighted by Crippen LogP contribution is 2.38. The molecule has 2 N–H and O–H groups in total. The summed E-state index contributed by atoms with van der Waals surface area (Å²) < 4.78 is 0. The summed E-state index contributed by atoms with van der Waals surface area (Å²) in [5.41, 5.74) is 2.56. The number of nitrogens with one attached hydrogen (secondary N) is 2. The average Bonchev–Trinajstić information content (AvgIpc) is 2.95. The van der Waals surface area contributed by atoms with Gasteiger partial charge in [0.15, 0.2) is 0 Å². The number of thioether (sulfide) groups is 1. The molecule has 2 amide bonds. The fraction of sp³-hybridized carbons (Fsp3) is 0.0323. The Bertz CT molecular complexity index is 1610. The molecule has 5 aromatic carbocycles. The predicted molar refractivity (Wildman–Crippen MR) is 158 cm³/mol. The van der Waals surface area contributed by atoms with Gasteiger partial charge in [0.25, 0.3) is 5.91 Å². The number of rotatable bonds is 7. The van der Waals surface area contributed by atoms with Gasteiger partial charge >= 0.3 is 0 Å². The maximum absolute atomic E-state index is 13.4. The molecule has 0 saturated carbocycles. The zero-order chi connectivity index (χ0) is 26.5. The van der Waals surface area contributed by atoms with Crippen LogP contribution in [0.15, 0.2) is 120 Å². The lowest BCUT2D eigenvalue weighted by Crippen LogP contribution is -2.19. The Labute approximate surface area is 235 Å². The van der Waals surface area contributed by atoms with E-state index in [1.54, 1.807) is 18.2 Å². The fourth-order valence-corrected chi connectivity index (χ4v) is 5.36. The first-order valence-corrected chi connectivity index (χ1v) is 13.5. The van der Waals surface area contributed by atoms with Crippen molar-refractivity contribution in [2.45, 2.75) is 10.1 Å². The number of benzene rings is 5. The third kappa shape index (κ3) is 6.03. The van der Waals surface area contributed by atoms with Gasteiger partial charge in [-0.3, -0.25) is 9.59 Å². The van der Waals surface area contributed by atoms with E-state index in [0.717, 1.165) is 21.2 Å². The second-order valence-corrected chi connectivity index (χ2v) is 10.5. The summed E-state index contributed by atoms with van der Waals surface area (Å²) in [6, 6.07) is 35.6. The predicted octanol–water partition coefficient (Wildman–Crippen LogP) is 8.87. The number of hydrogen-bond acceptors (Lipinski definition) is 3. The number of carbonyl (C=O) groups is 2. The molecular weight excluding hydrogens is 535 g/mol. The Kier molecular flexibility index (Phi) is 7.99. The summed E-state index contributed by atoms with van der Waals surface area (Å²) in [6.07, 6.45) is 0. The van der Waals surface area contributed by atoms with Crippen molar-refractivity contribution >= 4 is 68.9 Å². The van der Waals surface area contributed by atoms with Crippen LogP contribution >= 0.6 is 35.0 Å². The van der Waals surface area contributed by atoms with Gasteiger partial charge in [-0.15, -0.1) is 11.8 Å². The van der Waals surface area contributed by atoms with E-state index < -0.39 is 5.25 Å². The fourth-order valence-electron chi connectivity index (χ4n) is 3.99. The molecule has 4 nitrogen and oxygen atoms in total. The van der Waals surface area contributed by atoms with Crippen LogP contribution in [0.3, 0.4) is 0 Å². The first-order chi connectivity index (χ1) is 18.5. The molecule has 7 heteroatoms. The maximum Gasteiger partial charge on any atom is 0.255 e. The monoisotopic (exact) mass is 556 g/mol. The summed E-state index contributed by atoms with van der Waals surface area (Å²) >= 11 is 13.8. The van der Waals surface area contributed by atoms with Crippen LogP contribution in [0.25, 0.3) is 10.8 Å². The van der Waals surface area contributed by atoms with E-state index in [1.807, 2.05) is 97.1 Å². The van der Waals surface area contributed by atoms with E-state index in [2.05, 4.69) is 10.6 Å². The molecule has 0 heterocycles. The summed E-state index contributed by atoms with van der Waals surface area (Å²) in [5.74, 6) is -0.407. The number of carbonyl (C=O) groups excluding carboxylic acids is 2. The molecule has 0 aliphatic carbocycles. The van der Waals surface area contributed by atoms with Crippen molar-refractivity contribution in [1.82, 2.24) is 0 Å². The first kappa shape index (κ1) is 25.9. The Morgan fingerprint density at radius 1 is 0.684 bits per heavy atom. The molecule has 188 valence electrons. The Balaban J connectivity index is 1.31. The second-order valence-electron chi connectivity index (χ2n) is 8.54. The van der Waals surface area contributed by atoms with Crippen molar-refractivity contribution in [1.29, 1.82) is 0 Å². The van der Waals surface area contributed by atoms with Crippen LogP contribution in [0, 0.1) is 0 Å². The van der Waals surface area contributed by atoms with Crippen LogP contribution in [0.5, 0.6) is 0 Å². The number of halogens is 2. The van der Waals surface area contributed by atoms with E-state index in [1.165, 1.54) is 11.8 Å². The molecule has 0 aliphatic rings. The highest BCUT2D eigenvalue weighted by molar-refractivity contribution is 8.00. The molecule has 5 rings (SSSR count). The minimum absolute atomic E-state index is 0.184. The molecule has 5 aromatic rings. The zero-order valence-corrected chi connectivity index (χ0v) is 22.4. The van der Waals surface area contributed by atoms with Gasteiger partial charge in [-0.2, -0.15) is 0 Å². The van der Waals surface area contributed by atoms with Crippen LogP contribution < -0.4 is 10.6 Å². The van der Waals surface area contributed by atoms with Crippen LogP contribution in [-0.4, -0.2) is 11.8 Å². The summed E-state index contributed by atoms with van der Waals surface area (Å²) in [7, 11) is 0. The van der Waals surface area contributed by atoms with Gasteiger partial charge in [0.05, 0.1) is 15.7 Å². The molecule has 1 unspecified atom stereocenters. The van der Waals surface area contributed by atoms with Crippen molar-refractivity contribution in [2.24, 2.45) is 0 Å². The Morgan fingerprint density at radius 2 is 1.39 bits per heavy atom. The van der Waals surface area contributed by atoms with Gasteiger partial charge in [-0.05, 0) is 64.9 Å². The summed E-state index contributed by atoms with van der Waals surface area (Å²) in [6.45, 7) is 0. The third-order valence-corrected chi connectivity index (χ3v) is 8.01. The highest BCUT2D eigenvalue weighted by atomic mass is 35.5. The van der Waals surface area contributed by atoms with E-state index >= 15 is 0 Å². The standard InChI is InChI=1S/C31H22Cl2N2O2S/c32-26-11-6-12-27(28(26)33)35-31(37)29(21-8-2-1-3-9-21)38-25-17-15-24(16-18-25)34-30(36)23-14-13-20-7-4-5-10-22(20)19-23/h1-19,29H,(H,34,36)(H,35,37). The smallest absolute Gasteiger partial charge is 0.255 e. The van der Waals surface area contributed by atoms with Crippen molar-refractivity contribution in [3.63, 3.8) is 0 Å². The molecule has 38 heavy (non-hydrogen) atoms. The minimum atomic E-state index is -0.538. The molecule has 1 atom stereocenters. The zero-order valence-electron chi connectivity index (χ0n) is 20.0. The van der Waals surface area contributed by atoms with Gasteiger partial charge in [0.2, 0.25) is 5.91 Å². The quantitative estimate of drug-likeness (QED) is 0.197. The number of anilines is 2. The Morgan fingerprint density at radius 3 is 2.16 bits per heavy atom. The average molecular weight is 558 g/mol. The lowest BCUT2D eigenvalue weighted by atomic mass is 10.1.